The molecule has 1 aliphatic rings. The van der Waals surface area contributed by atoms with Gasteiger partial charge in [0.2, 0.25) is 5.82 Å². The smallest absolute Gasteiger partial charge is 0.277 e. The van der Waals surface area contributed by atoms with Gasteiger partial charge in [-0.2, -0.15) is 14.9 Å². The van der Waals surface area contributed by atoms with E-state index in [1.54, 1.807) is 18.2 Å². The van der Waals surface area contributed by atoms with Crippen molar-refractivity contribution >= 4 is 5.91 Å². The number of hydrogen-bond acceptors (Lipinski definition) is 6. The summed E-state index contributed by atoms with van der Waals surface area (Å²) in [6, 6.07) is 9.25. The summed E-state index contributed by atoms with van der Waals surface area (Å²) < 4.78 is 46.2. The van der Waals surface area contributed by atoms with Crippen LogP contribution in [-0.4, -0.2) is 27.6 Å². The summed E-state index contributed by atoms with van der Waals surface area (Å²) >= 11 is 0. The van der Waals surface area contributed by atoms with E-state index >= 15 is 0 Å². The van der Waals surface area contributed by atoms with Crippen LogP contribution in [0.5, 0.6) is 5.75 Å². The third kappa shape index (κ3) is 3.24. The molecule has 0 unspecified atom stereocenters. The maximum Gasteiger partial charge on any atom is 0.277 e. The topological polar surface area (TPSA) is 114 Å². The van der Waals surface area contributed by atoms with Crippen LogP contribution >= 0.6 is 0 Å². The largest absolute Gasteiger partial charge is 0.503 e. The van der Waals surface area contributed by atoms with Gasteiger partial charge in [-0.15, -0.1) is 0 Å². The van der Waals surface area contributed by atoms with E-state index in [9.17, 15) is 28.3 Å². The van der Waals surface area contributed by atoms with E-state index in [2.05, 4.69) is 5.16 Å². The molecule has 1 aliphatic heterocycles. The molecule has 0 bridgehead atoms. The zero-order valence-electron chi connectivity index (χ0n) is 15.6. The molecule has 154 valence electrons. The average molecular weight is 424 g/mol. The summed E-state index contributed by atoms with van der Waals surface area (Å²) in [4.78, 5) is 14.4. The molecule has 0 radical (unpaired) electrons. The van der Waals surface area contributed by atoms with Crippen LogP contribution in [0.4, 0.5) is 13.2 Å². The molecule has 0 saturated heterocycles. The van der Waals surface area contributed by atoms with Crippen molar-refractivity contribution in [2.45, 2.75) is 13.0 Å². The Morgan fingerprint density at radius 2 is 1.90 bits per heavy atom. The van der Waals surface area contributed by atoms with Gasteiger partial charge in [0.05, 0.1) is 17.2 Å². The lowest BCUT2D eigenvalue weighted by Crippen LogP contribution is -2.36. The van der Waals surface area contributed by atoms with Gasteiger partial charge in [0.25, 0.3) is 5.91 Å². The van der Waals surface area contributed by atoms with Crippen molar-refractivity contribution in [1.82, 2.24) is 10.1 Å². The van der Waals surface area contributed by atoms with Crippen molar-refractivity contribution in [3.05, 3.63) is 69.7 Å². The molecule has 2 heterocycles. The molecule has 0 aliphatic carbocycles. The third-order valence-electron chi connectivity index (χ3n) is 5.02. The number of halogens is 3. The van der Waals surface area contributed by atoms with E-state index in [0.717, 1.165) is 11.1 Å². The molecule has 0 fully saturated rings. The maximum absolute atomic E-state index is 14.3. The van der Waals surface area contributed by atoms with Crippen LogP contribution in [0.25, 0.3) is 11.3 Å². The Labute approximate surface area is 173 Å². The van der Waals surface area contributed by atoms with E-state index < -0.39 is 51.7 Å². The van der Waals surface area contributed by atoms with E-state index in [4.69, 9.17) is 9.78 Å². The number of phenols is 1. The number of amides is 1. The molecule has 0 spiro atoms. The fourth-order valence-corrected chi connectivity index (χ4v) is 3.43. The van der Waals surface area contributed by atoms with Gasteiger partial charge in [-0.3, -0.25) is 4.79 Å². The van der Waals surface area contributed by atoms with Gasteiger partial charge in [0.15, 0.2) is 28.8 Å². The molecule has 31 heavy (non-hydrogen) atoms. The first-order chi connectivity index (χ1) is 14.8. The van der Waals surface area contributed by atoms with Gasteiger partial charge in [0, 0.05) is 13.1 Å². The number of carbonyl (C=O) groups is 1. The normalized spacial score (nSPS) is 12.7. The summed E-state index contributed by atoms with van der Waals surface area (Å²) in [5, 5.41) is 31.5. The van der Waals surface area contributed by atoms with Crippen LogP contribution < -0.4 is 0 Å². The van der Waals surface area contributed by atoms with Crippen molar-refractivity contribution in [2.75, 3.05) is 6.54 Å². The number of aromatic nitrogens is 1. The Bertz CT molecular complexity index is 1320. The first-order valence-electron chi connectivity index (χ1n) is 8.93. The van der Waals surface area contributed by atoms with Gasteiger partial charge in [-0.05, 0) is 35.7 Å². The highest BCUT2D eigenvalue weighted by Gasteiger charge is 2.31. The second kappa shape index (κ2) is 7.50. The minimum atomic E-state index is -1.79. The predicted molar refractivity (Wildman–Crippen MR) is 97.8 cm³/mol. The summed E-state index contributed by atoms with van der Waals surface area (Å²) in [5.74, 6) is -7.79. The van der Waals surface area contributed by atoms with Crippen molar-refractivity contribution in [3.8, 4) is 29.2 Å². The molecular weight excluding hydrogens is 413 g/mol. The highest BCUT2D eigenvalue weighted by molar-refractivity contribution is 5.96. The summed E-state index contributed by atoms with van der Waals surface area (Å²) in [5.41, 5.74) is 0.512. The second-order valence-corrected chi connectivity index (χ2v) is 6.80. The maximum atomic E-state index is 14.3. The van der Waals surface area contributed by atoms with Crippen molar-refractivity contribution < 1.29 is 27.6 Å². The quantitative estimate of drug-likeness (QED) is 0.631. The van der Waals surface area contributed by atoms with Gasteiger partial charge >= 0.3 is 0 Å². The Morgan fingerprint density at radius 1 is 1.13 bits per heavy atom. The Morgan fingerprint density at radius 3 is 2.61 bits per heavy atom. The van der Waals surface area contributed by atoms with E-state index in [-0.39, 0.29) is 6.54 Å². The highest BCUT2D eigenvalue weighted by Crippen LogP contribution is 2.35. The number of benzene rings is 2. The number of aromatic hydroxyl groups is 1. The average Bonchev–Trinajstić information content (AvgIpc) is 3.22. The minimum Gasteiger partial charge on any atom is -0.503 e. The first kappa shape index (κ1) is 20.0. The van der Waals surface area contributed by atoms with Crippen molar-refractivity contribution in [1.29, 1.82) is 10.5 Å². The Kier molecular flexibility index (Phi) is 4.84. The number of phenolic OH excluding ortho intramolecular Hbond substituents is 1. The number of nitriles is 2. The summed E-state index contributed by atoms with van der Waals surface area (Å²) in [7, 11) is 0. The fraction of sp³-hybridized carbons (Fsp3) is 0.143. The Balaban J connectivity index is 1.71. The summed E-state index contributed by atoms with van der Waals surface area (Å²) in [6.45, 7) is 0.447. The van der Waals surface area contributed by atoms with E-state index in [0.29, 0.717) is 24.6 Å². The lowest BCUT2D eigenvalue weighted by Gasteiger charge is -2.28. The number of rotatable bonds is 2. The van der Waals surface area contributed by atoms with Crippen LogP contribution in [0, 0.1) is 40.1 Å². The van der Waals surface area contributed by atoms with Crippen LogP contribution in [0.1, 0.15) is 32.7 Å². The van der Waals surface area contributed by atoms with Gasteiger partial charge in [-0.25, -0.2) is 8.78 Å². The standard InChI is InChI=1S/C21H11F3N4O3/c22-15-6-13(16(23)19(29)17(15)24)20-14(8-26)18(27-31-20)21(30)28-4-3-11-2-1-10(7-25)5-12(11)9-28/h1-2,5-6,29H,3-4,9H2. The van der Waals surface area contributed by atoms with Crippen molar-refractivity contribution in [3.63, 3.8) is 0 Å². The molecule has 1 N–H and O–H groups in total. The molecule has 1 amide bonds. The van der Waals surface area contributed by atoms with Gasteiger partial charge in [0.1, 0.15) is 11.6 Å². The number of fused-ring (bicyclic) bond motifs is 1. The van der Waals surface area contributed by atoms with E-state index in [1.807, 2.05) is 12.1 Å². The molecular formula is C21H11F3N4O3. The molecule has 4 rings (SSSR count). The van der Waals surface area contributed by atoms with Gasteiger partial charge in [-0.1, -0.05) is 11.2 Å². The number of nitrogens with zero attached hydrogens (tertiary/aromatic N) is 4. The third-order valence-corrected chi connectivity index (χ3v) is 5.02. The van der Waals surface area contributed by atoms with Gasteiger partial charge < -0.3 is 14.5 Å². The molecule has 0 saturated carbocycles. The lowest BCUT2D eigenvalue weighted by molar-refractivity contribution is 0.0724. The van der Waals surface area contributed by atoms with Crippen LogP contribution in [-0.2, 0) is 13.0 Å². The summed E-state index contributed by atoms with van der Waals surface area (Å²) in [6.07, 6.45) is 0.505. The van der Waals surface area contributed by atoms with Crippen LogP contribution in [0.3, 0.4) is 0 Å². The predicted octanol–water partition coefficient (Wildman–Crippen LogP) is 3.41. The molecule has 10 heteroatoms. The Hall–Kier alpha value is -4.31. The van der Waals surface area contributed by atoms with E-state index in [1.165, 1.54) is 4.90 Å². The SMILES string of the molecule is N#Cc1ccc2c(c1)CN(C(=O)c1noc(-c3cc(F)c(F)c(O)c3F)c1C#N)CC2. The first-order valence-corrected chi connectivity index (χ1v) is 8.93. The second-order valence-electron chi connectivity index (χ2n) is 6.80. The monoisotopic (exact) mass is 424 g/mol. The van der Waals surface area contributed by atoms with Crippen LogP contribution in [0.2, 0.25) is 0 Å². The van der Waals surface area contributed by atoms with Crippen molar-refractivity contribution in [2.24, 2.45) is 0 Å². The highest BCUT2D eigenvalue weighted by atomic mass is 19.2. The zero-order valence-corrected chi connectivity index (χ0v) is 15.6. The zero-order chi connectivity index (χ0) is 22.3. The molecule has 2 aromatic carbocycles. The number of carbonyl (C=O) groups excluding carboxylic acids is 1. The van der Waals surface area contributed by atoms with Crippen LogP contribution in [0.15, 0.2) is 28.8 Å². The number of hydrogen-bond donors (Lipinski definition) is 1. The molecule has 0 atom stereocenters. The lowest BCUT2D eigenvalue weighted by atomic mass is 9.97. The molecule has 7 nitrogen and oxygen atoms in total. The molecule has 3 aromatic rings. The minimum absolute atomic E-state index is 0.150. The fourth-order valence-electron chi connectivity index (χ4n) is 3.43. The molecule has 1 aromatic heterocycles.